The third-order valence-corrected chi connectivity index (χ3v) is 4.79. The Kier molecular flexibility index (Phi) is 6.13. The van der Waals surface area contributed by atoms with Gasteiger partial charge in [0.25, 0.3) is 5.69 Å². The molecule has 7 heteroatoms. The molecule has 6 nitrogen and oxygen atoms in total. The maximum atomic E-state index is 13.0. The minimum absolute atomic E-state index is 0.0152. The van der Waals surface area contributed by atoms with Crippen molar-refractivity contribution in [1.29, 1.82) is 0 Å². The summed E-state index contributed by atoms with van der Waals surface area (Å²) >= 11 is 0. The zero-order valence-electron chi connectivity index (χ0n) is 15.0. The van der Waals surface area contributed by atoms with E-state index < -0.39 is 4.92 Å². The Morgan fingerprint density at radius 2 is 1.78 bits per heavy atom. The summed E-state index contributed by atoms with van der Waals surface area (Å²) in [6.07, 6.45) is 0.874. The smallest absolute Gasteiger partial charge is 0.273 e. The normalized spacial score (nSPS) is 15.4. The molecule has 0 spiro atoms. The molecule has 0 aliphatic carbocycles. The molecule has 0 aromatic heterocycles. The second kappa shape index (κ2) is 8.73. The van der Waals surface area contributed by atoms with Crippen molar-refractivity contribution in [2.24, 2.45) is 0 Å². The third kappa shape index (κ3) is 5.10. The van der Waals surface area contributed by atoms with Crippen molar-refractivity contribution < 1.29 is 14.1 Å². The lowest BCUT2D eigenvalue weighted by Gasteiger charge is -2.22. The predicted octanol–water partition coefficient (Wildman–Crippen LogP) is 3.01. The fraction of sp³-hybridized carbons (Fsp3) is 0.350. The topological polar surface area (TPSA) is 66.7 Å². The molecule has 3 rings (SSSR count). The molecule has 1 fully saturated rings. The molecule has 1 amide bonds. The van der Waals surface area contributed by atoms with Crippen LogP contribution in [0.3, 0.4) is 0 Å². The summed E-state index contributed by atoms with van der Waals surface area (Å²) in [7, 11) is 0. The number of para-hydroxylation sites is 1. The van der Waals surface area contributed by atoms with E-state index in [4.69, 9.17) is 0 Å². The van der Waals surface area contributed by atoms with Gasteiger partial charge in [0.2, 0.25) is 5.91 Å². The lowest BCUT2D eigenvalue weighted by molar-refractivity contribution is -0.385. The lowest BCUT2D eigenvalue weighted by Crippen LogP contribution is -2.36. The first-order valence-electron chi connectivity index (χ1n) is 9.00. The summed E-state index contributed by atoms with van der Waals surface area (Å²) in [5, 5.41) is 11.1. The van der Waals surface area contributed by atoms with Gasteiger partial charge >= 0.3 is 0 Å². The van der Waals surface area contributed by atoms with Gasteiger partial charge in [-0.1, -0.05) is 30.3 Å². The number of nitrogens with zero attached hydrogens (tertiary/aromatic N) is 3. The monoisotopic (exact) mass is 371 g/mol. The van der Waals surface area contributed by atoms with Gasteiger partial charge in [-0.05, 0) is 24.1 Å². The van der Waals surface area contributed by atoms with E-state index in [0.717, 1.165) is 25.1 Å². The van der Waals surface area contributed by atoms with Crippen LogP contribution in [0.5, 0.6) is 0 Å². The number of halogens is 1. The number of hydrogen-bond acceptors (Lipinski definition) is 4. The average molecular weight is 371 g/mol. The molecule has 0 saturated carbocycles. The largest absolute Gasteiger partial charge is 0.341 e. The van der Waals surface area contributed by atoms with E-state index in [1.165, 1.54) is 18.2 Å². The van der Waals surface area contributed by atoms with Crippen molar-refractivity contribution in [3.63, 3.8) is 0 Å². The zero-order valence-corrected chi connectivity index (χ0v) is 15.0. The van der Waals surface area contributed by atoms with Crippen molar-refractivity contribution in [3.8, 4) is 0 Å². The molecule has 0 radical (unpaired) electrons. The van der Waals surface area contributed by atoms with E-state index in [9.17, 15) is 19.3 Å². The van der Waals surface area contributed by atoms with E-state index >= 15 is 0 Å². The second-order valence-corrected chi connectivity index (χ2v) is 6.70. The number of carbonyl (C=O) groups is 1. The van der Waals surface area contributed by atoms with E-state index in [1.807, 2.05) is 0 Å². The molecular weight excluding hydrogens is 349 g/mol. The third-order valence-electron chi connectivity index (χ3n) is 4.79. The van der Waals surface area contributed by atoms with Crippen molar-refractivity contribution >= 4 is 11.6 Å². The quantitative estimate of drug-likeness (QED) is 0.599. The van der Waals surface area contributed by atoms with Crippen LogP contribution in [0.15, 0.2) is 48.5 Å². The van der Waals surface area contributed by atoms with Crippen LogP contribution in [0, 0.1) is 15.9 Å². The maximum absolute atomic E-state index is 13.0. The van der Waals surface area contributed by atoms with Gasteiger partial charge in [0.15, 0.2) is 0 Å². The Balaban J connectivity index is 1.58. The van der Waals surface area contributed by atoms with Gasteiger partial charge in [-0.15, -0.1) is 0 Å². The number of benzene rings is 2. The van der Waals surface area contributed by atoms with Gasteiger partial charge in [-0.3, -0.25) is 19.8 Å². The number of carbonyl (C=O) groups excluding carboxylic acids is 1. The van der Waals surface area contributed by atoms with Crippen molar-refractivity contribution in [2.45, 2.75) is 19.4 Å². The average Bonchev–Trinajstić information content (AvgIpc) is 2.89. The molecule has 1 saturated heterocycles. The number of nitro benzene ring substituents is 1. The zero-order chi connectivity index (χ0) is 19.2. The second-order valence-electron chi connectivity index (χ2n) is 6.70. The fourth-order valence-electron chi connectivity index (χ4n) is 3.34. The van der Waals surface area contributed by atoms with Gasteiger partial charge in [0.1, 0.15) is 5.82 Å². The lowest BCUT2D eigenvalue weighted by atomic mass is 10.1. The first-order chi connectivity index (χ1) is 13.0. The van der Waals surface area contributed by atoms with Gasteiger partial charge in [0, 0.05) is 44.4 Å². The van der Waals surface area contributed by atoms with Crippen LogP contribution in [0.25, 0.3) is 0 Å². The van der Waals surface area contributed by atoms with E-state index in [0.29, 0.717) is 25.2 Å². The van der Waals surface area contributed by atoms with Crippen molar-refractivity contribution in [2.75, 3.05) is 26.2 Å². The summed E-state index contributed by atoms with van der Waals surface area (Å²) in [4.78, 5) is 27.3. The molecule has 1 aliphatic rings. The number of hydrogen-bond donors (Lipinski definition) is 0. The van der Waals surface area contributed by atoms with Crippen LogP contribution < -0.4 is 0 Å². The van der Waals surface area contributed by atoms with Crippen LogP contribution in [0.4, 0.5) is 10.1 Å². The van der Waals surface area contributed by atoms with E-state index in [1.54, 1.807) is 35.2 Å². The summed E-state index contributed by atoms with van der Waals surface area (Å²) in [6, 6.07) is 12.8. The molecule has 0 unspecified atom stereocenters. The Bertz CT molecular complexity index is 810. The van der Waals surface area contributed by atoms with E-state index in [2.05, 4.69) is 4.90 Å². The molecule has 1 aliphatic heterocycles. The predicted molar refractivity (Wildman–Crippen MR) is 99.7 cm³/mol. The van der Waals surface area contributed by atoms with Crippen LogP contribution in [-0.2, 0) is 17.8 Å². The highest BCUT2D eigenvalue weighted by Crippen LogP contribution is 2.19. The molecule has 27 heavy (non-hydrogen) atoms. The van der Waals surface area contributed by atoms with Crippen LogP contribution in [0.1, 0.15) is 17.5 Å². The highest BCUT2D eigenvalue weighted by atomic mass is 19.1. The van der Waals surface area contributed by atoms with Gasteiger partial charge in [-0.2, -0.15) is 0 Å². The standard InChI is InChI=1S/C20H22FN3O3/c21-18-8-6-16(7-9-18)15-22-10-3-11-23(13-12-22)20(25)14-17-4-1-2-5-19(17)24(26)27/h1-2,4-9H,3,10-15H2. The molecule has 0 bridgehead atoms. The highest BCUT2D eigenvalue weighted by molar-refractivity contribution is 5.80. The minimum atomic E-state index is -0.449. The van der Waals surface area contributed by atoms with Crippen molar-refractivity contribution in [1.82, 2.24) is 9.80 Å². The highest BCUT2D eigenvalue weighted by Gasteiger charge is 2.22. The Morgan fingerprint density at radius 3 is 2.52 bits per heavy atom. The summed E-state index contributed by atoms with van der Waals surface area (Å²) in [5.41, 5.74) is 1.47. The number of nitro groups is 1. The minimum Gasteiger partial charge on any atom is -0.341 e. The van der Waals surface area contributed by atoms with Gasteiger partial charge in [0.05, 0.1) is 11.3 Å². The SMILES string of the molecule is O=C(Cc1ccccc1[N+](=O)[O-])N1CCCN(Cc2ccc(F)cc2)CC1. The number of amides is 1. The van der Waals surface area contributed by atoms with E-state index in [-0.39, 0.29) is 23.8 Å². The Morgan fingerprint density at radius 1 is 1.04 bits per heavy atom. The molecule has 1 heterocycles. The molecule has 2 aromatic carbocycles. The Labute approximate surface area is 157 Å². The first kappa shape index (κ1) is 19.0. The Hall–Kier alpha value is -2.80. The first-order valence-corrected chi connectivity index (χ1v) is 9.00. The van der Waals surface area contributed by atoms with Crippen molar-refractivity contribution in [3.05, 3.63) is 75.6 Å². The molecule has 142 valence electrons. The van der Waals surface area contributed by atoms with Crippen LogP contribution in [0.2, 0.25) is 0 Å². The van der Waals surface area contributed by atoms with Gasteiger partial charge in [-0.25, -0.2) is 4.39 Å². The fourth-order valence-corrected chi connectivity index (χ4v) is 3.34. The summed E-state index contributed by atoms with van der Waals surface area (Å²) < 4.78 is 13.0. The molecule has 2 aromatic rings. The maximum Gasteiger partial charge on any atom is 0.273 e. The van der Waals surface area contributed by atoms with Crippen LogP contribution in [-0.4, -0.2) is 46.8 Å². The van der Waals surface area contributed by atoms with Gasteiger partial charge < -0.3 is 4.90 Å². The number of rotatable bonds is 5. The molecule has 0 atom stereocenters. The molecular formula is C20H22FN3O3. The summed E-state index contributed by atoms with van der Waals surface area (Å²) in [5.74, 6) is -0.339. The summed E-state index contributed by atoms with van der Waals surface area (Å²) in [6.45, 7) is 3.51. The molecule has 0 N–H and O–H groups in total. The van der Waals surface area contributed by atoms with Crippen LogP contribution >= 0.6 is 0 Å².